The number of anilines is 1. The van der Waals surface area contributed by atoms with Crippen LogP contribution in [0, 0.1) is 0 Å². The Morgan fingerprint density at radius 1 is 1.38 bits per heavy atom. The molecule has 0 spiro atoms. The van der Waals surface area contributed by atoms with Crippen molar-refractivity contribution in [2.24, 2.45) is 0 Å². The fourth-order valence-corrected chi connectivity index (χ4v) is 1.27. The fraction of sp³-hybridized carbons (Fsp3) is 0.700. The third kappa shape index (κ3) is 3.09. The smallest absolute Gasteiger partial charge is 0.202 e. The molecule has 1 N–H and O–H groups in total. The van der Waals surface area contributed by atoms with Crippen molar-refractivity contribution < 1.29 is 0 Å². The lowest BCUT2D eigenvalue weighted by Crippen LogP contribution is -2.08. The number of hydrogen-bond acceptors (Lipinski definition) is 2. The molecule has 0 aromatic carbocycles. The van der Waals surface area contributed by atoms with Crippen molar-refractivity contribution >= 4 is 5.95 Å². The summed E-state index contributed by atoms with van der Waals surface area (Å²) < 4.78 is 2.16. The Morgan fingerprint density at radius 2 is 2.23 bits per heavy atom. The maximum atomic E-state index is 4.26. The van der Waals surface area contributed by atoms with E-state index in [1.54, 1.807) is 0 Å². The summed E-state index contributed by atoms with van der Waals surface area (Å²) in [5.41, 5.74) is 0. The molecular weight excluding hydrogens is 162 g/mol. The molecule has 3 nitrogen and oxygen atoms in total. The molecule has 3 heteroatoms. The number of unbranched alkanes of at least 4 members (excludes halogenated alkanes) is 1. The molecular formula is C10H19N3. The Labute approximate surface area is 80.2 Å². The normalized spacial score (nSPS) is 10.3. The van der Waals surface area contributed by atoms with E-state index in [-0.39, 0.29) is 0 Å². The summed E-state index contributed by atoms with van der Waals surface area (Å²) in [5, 5.41) is 3.33. The quantitative estimate of drug-likeness (QED) is 0.683. The van der Waals surface area contributed by atoms with Crippen LogP contribution in [0.2, 0.25) is 0 Å². The molecule has 0 saturated heterocycles. The predicted octanol–water partition coefficient (Wildman–Crippen LogP) is 2.51. The van der Waals surface area contributed by atoms with Crippen LogP contribution in [0.5, 0.6) is 0 Å². The van der Waals surface area contributed by atoms with Gasteiger partial charge in [-0.25, -0.2) is 4.98 Å². The van der Waals surface area contributed by atoms with Crippen LogP contribution in [0.3, 0.4) is 0 Å². The van der Waals surface area contributed by atoms with Crippen LogP contribution in [0.1, 0.15) is 33.1 Å². The Kier molecular flexibility index (Phi) is 4.36. The predicted molar refractivity (Wildman–Crippen MR) is 55.9 cm³/mol. The number of aromatic nitrogens is 2. The second-order valence-corrected chi connectivity index (χ2v) is 3.22. The van der Waals surface area contributed by atoms with Crippen LogP contribution in [-0.4, -0.2) is 16.1 Å². The Hall–Kier alpha value is -0.990. The highest BCUT2D eigenvalue weighted by molar-refractivity contribution is 5.25. The van der Waals surface area contributed by atoms with Crippen molar-refractivity contribution in [3.05, 3.63) is 12.4 Å². The zero-order valence-electron chi connectivity index (χ0n) is 8.58. The van der Waals surface area contributed by atoms with Crippen LogP contribution in [0.15, 0.2) is 12.4 Å². The molecule has 74 valence electrons. The molecule has 13 heavy (non-hydrogen) atoms. The van der Waals surface area contributed by atoms with Gasteiger partial charge in [0.2, 0.25) is 5.95 Å². The number of rotatable bonds is 6. The lowest BCUT2D eigenvalue weighted by molar-refractivity contribution is 0.679. The maximum absolute atomic E-state index is 4.26. The summed E-state index contributed by atoms with van der Waals surface area (Å²) in [4.78, 5) is 4.26. The van der Waals surface area contributed by atoms with Gasteiger partial charge in [-0.3, -0.25) is 0 Å². The number of nitrogens with zero attached hydrogens (tertiary/aromatic N) is 2. The van der Waals surface area contributed by atoms with Gasteiger partial charge in [0.25, 0.3) is 0 Å². The minimum Gasteiger partial charge on any atom is -0.356 e. The summed E-state index contributed by atoms with van der Waals surface area (Å²) >= 11 is 0. The molecule has 0 radical (unpaired) electrons. The molecule has 0 saturated carbocycles. The van der Waals surface area contributed by atoms with Gasteiger partial charge in [-0.2, -0.15) is 0 Å². The van der Waals surface area contributed by atoms with Crippen LogP contribution in [0.25, 0.3) is 0 Å². The van der Waals surface area contributed by atoms with Gasteiger partial charge in [0.05, 0.1) is 0 Å². The van der Waals surface area contributed by atoms with Gasteiger partial charge in [-0.05, 0) is 12.8 Å². The first-order valence-electron chi connectivity index (χ1n) is 5.13. The van der Waals surface area contributed by atoms with E-state index >= 15 is 0 Å². The molecule has 0 amide bonds. The van der Waals surface area contributed by atoms with Gasteiger partial charge in [0.1, 0.15) is 0 Å². The summed E-state index contributed by atoms with van der Waals surface area (Å²) in [6.45, 7) is 6.45. The maximum Gasteiger partial charge on any atom is 0.202 e. The fourth-order valence-electron chi connectivity index (χ4n) is 1.27. The highest BCUT2D eigenvalue weighted by Gasteiger charge is 1.98. The van der Waals surface area contributed by atoms with E-state index in [4.69, 9.17) is 0 Å². The first kappa shape index (κ1) is 10.1. The van der Waals surface area contributed by atoms with Gasteiger partial charge in [-0.15, -0.1) is 0 Å². The summed E-state index contributed by atoms with van der Waals surface area (Å²) in [5.74, 6) is 1.01. The molecule has 1 rings (SSSR count). The molecule has 0 unspecified atom stereocenters. The Balaban J connectivity index is 2.40. The van der Waals surface area contributed by atoms with Crippen LogP contribution < -0.4 is 5.32 Å². The second-order valence-electron chi connectivity index (χ2n) is 3.22. The largest absolute Gasteiger partial charge is 0.356 e. The third-order valence-electron chi connectivity index (χ3n) is 1.99. The van der Waals surface area contributed by atoms with E-state index < -0.39 is 0 Å². The highest BCUT2D eigenvalue weighted by atomic mass is 15.2. The standard InChI is InChI=1S/C10H19N3/c1-3-5-6-11-10-12-7-9-13(10)8-4-2/h7,9H,3-6,8H2,1-2H3,(H,11,12). The Bertz CT molecular complexity index is 230. The van der Waals surface area contributed by atoms with E-state index in [2.05, 4.69) is 28.7 Å². The molecule has 1 aromatic heterocycles. The minimum absolute atomic E-state index is 1.01. The third-order valence-corrected chi connectivity index (χ3v) is 1.99. The van der Waals surface area contributed by atoms with Crippen molar-refractivity contribution in [3.63, 3.8) is 0 Å². The van der Waals surface area contributed by atoms with Crippen LogP contribution >= 0.6 is 0 Å². The second kappa shape index (κ2) is 5.62. The summed E-state index contributed by atoms with van der Waals surface area (Å²) in [6.07, 6.45) is 7.46. The highest BCUT2D eigenvalue weighted by Crippen LogP contribution is 2.05. The molecule has 0 aliphatic carbocycles. The monoisotopic (exact) mass is 181 g/mol. The van der Waals surface area contributed by atoms with E-state index in [0.29, 0.717) is 0 Å². The Morgan fingerprint density at radius 3 is 2.92 bits per heavy atom. The van der Waals surface area contributed by atoms with Gasteiger partial charge in [0.15, 0.2) is 0 Å². The molecule has 0 bridgehead atoms. The van der Waals surface area contributed by atoms with E-state index in [1.807, 2.05) is 12.4 Å². The first-order valence-corrected chi connectivity index (χ1v) is 5.13. The van der Waals surface area contributed by atoms with E-state index in [9.17, 15) is 0 Å². The number of aryl methyl sites for hydroxylation is 1. The van der Waals surface area contributed by atoms with Crippen molar-refractivity contribution in [2.45, 2.75) is 39.7 Å². The number of imidazole rings is 1. The first-order chi connectivity index (χ1) is 6.38. The summed E-state index contributed by atoms with van der Waals surface area (Å²) in [6, 6.07) is 0. The van der Waals surface area contributed by atoms with Gasteiger partial charge in [-0.1, -0.05) is 20.3 Å². The van der Waals surface area contributed by atoms with E-state index in [1.165, 1.54) is 12.8 Å². The van der Waals surface area contributed by atoms with Crippen LogP contribution in [-0.2, 0) is 6.54 Å². The lowest BCUT2D eigenvalue weighted by atomic mass is 10.3. The number of hydrogen-bond donors (Lipinski definition) is 1. The van der Waals surface area contributed by atoms with Crippen molar-refractivity contribution in [2.75, 3.05) is 11.9 Å². The molecule has 0 atom stereocenters. The van der Waals surface area contributed by atoms with Gasteiger partial charge in [0, 0.05) is 25.5 Å². The van der Waals surface area contributed by atoms with Crippen molar-refractivity contribution in [1.29, 1.82) is 0 Å². The minimum atomic E-state index is 1.01. The van der Waals surface area contributed by atoms with Crippen molar-refractivity contribution in [1.82, 2.24) is 9.55 Å². The topological polar surface area (TPSA) is 29.9 Å². The lowest BCUT2D eigenvalue weighted by Gasteiger charge is -2.07. The van der Waals surface area contributed by atoms with Crippen LogP contribution in [0.4, 0.5) is 5.95 Å². The van der Waals surface area contributed by atoms with Gasteiger partial charge < -0.3 is 9.88 Å². The van der Waals surface area contributed by atoms with E-state index in [0.717, 1.165) is 25.5 Å². The van der Waals surface area contributed by atoms with Gasteiger partial charge >= 0.3 is 0 Å². The zero-order chi connectivity index (χ0) is 9.52. The average molecular weight is 181 g/mol. The molecule has 0 aliphatic rings. The molecule has 1 heterocycles. The number of nitrogens with one attached hydrogen (secondary N) is 1. The summed E-state index contributed by atoms with van der Waals surface area (Å²) in [7, 11) is 0. The molecule has 0 fully saturated rings. The average Bonchev–Trinajstić information content (AvgIpc) is 2.54. The molecule has 0 aliphatic heterocycles. The SMILES string of the molecule is CCCCNc1nccn1CCC. The zero-order valence-corrected chi connectivity index (χ0v) is 8.58. The molecule has 1 aromatic rings. The van der Waals surface area contributed by atoms with Crippen molar-refractivity contribution in [3.8, 4) is 0 Å².